The Kier molecular flexibility index (Phi) is 45.7. The molecule has 0 saturated carbocycles. The van der Waals surface area contributed by atoms with Gasteiger partial charge in [0.05, 0.1) is 0 Å². The molecule has 0 saturated heterocycles. The molecule has 0 aliphatic rings. The largest absolute Gasteiger partial charge is 0.462 e. The van der Waals surface area contributed by atoms with Crippen LogP contribution in [0.15, 0.2) is 0 Å². The first-order valence-corrected chi connectivity index (χ1v) is 26.8. The molecule has 356 valence electrons. The summed E-state index contributed by atoms with van der Waals surface area (Å²) in [5, 5.41) is 0. The van der Waals surface area contributed by atoms with Gasteiger partial charge < -0.3 is 14.2 Å². The molecule has 2 atom stereocenters. The number of ether oxygens (including phenoxy) is 3. The summed E-state index contributed by atoms with van der Waals surface area (Å²) >= 11 is 0. The number of rotatable bonds is 48. The molecule has 0 aromatic heterocycles. The van der Waals surface area contributed by atoms with Gasteiger partial charge in [-0.3, -0.25) is 14.4 Å². The van der Waals surface area contributed by atoms with Gasteiger partial charge in [-0.2, -0.15) is 0 Å². The molecule has 0 rings (SSSR count). The zero-order chi connectivity index (χ0) is 44.0. The van der Waals surface area contributed by atoms with Gasteiger partial charge in [0, 0.05) is 19.3 Å². The van der Waals surface area contributed by atoms with E-state index < -0.39 is 6.10 Å². The van der Waals surface area contributed by atoms with E-state index >= 15 is 0 Å². The van der Waals surface area contributed by atoms with Gasteiger partial charge >= 0.3 is 17.9 Å². The predicted molar refractivity (Wildman–Crippen MR) is 256 cm³/mol. The summed E-state index contributed by atoms with van der Waals surface area (Å²) in [5.41, 5.74) is 0. The van der Waals surface area contributed by atoms with Crippen LogP contribution in [0.1, 0.15) is 298 Å². The van der Waals surface area contributed by atoms with E-state index in [0.717, 1.165) is 69.6 Å². The zero-order valence-electron chi connectivity index (χ0n) is 41.1. The van der Waals surface area contributed by atoms with Gasteiger partial charge in [-0.15, -0.1) is 0 Å². The molecular formula is C54H104O6. The van der Waals surface area contributed by atoms with E-state index in [-0.39, 0.29) is 31.1 Å². The third kappa shape index (κ3) is 45.9. The Morgan fingerprint density at radius 1 is 0.350 bits per heavy atom. The molecular weight excluding hydrogens is 745 g/mol. The molecule has 0 aromatic carbocycles. The highest BCUT2D eigenvalue weighted by Crippen LogP contribution is 2.18. The van der Waals surface area contributed by atoms with E-state index in [2.05, 4.69) is 34.6 Å². The highest BCUT2D eigenvalue weighted by molar-refractivity contribution is 5.71. The number of hydrogen-bond donors (Lipinski definition) is 0. The average molecular weight is 849 g/mol. The van der Waals surface area contributed by atoms with Crippen LogP contribution in [-0.2, 0) is 28.6 Å². The lowest BCUT2D eigenvalue weighted by Gasteiger charge is -2.18. The van der Waals surface area contributed by atoms with Crippen molar-refractivity contribution in [2.45, 2.75) is 304 Å². The quantitative estimate of drug-likeness (QED) is 0.0345. The number of carbonyl (C=O) groups is 3. The van der Waals surface area contributed by atoms with Crippen LogP contribution >= 0.6 is 0 Å². The van der Waals surface area contributed by atoms with Crippen LogP contribution in [0.25, 0.3) is 0 Å². The van der Waals surface area contributed by atoms with Crippen LogP contribution in [0, 0.1) is 11.8 Å². The molecule has 0 amide bonds. The highest BCUT2D eigenvalue weighted by atomic mass is 16.6. The smallest absolute Gasteiger partial charge is 0.306 e. The maximum atomic E-state index is 12.8. The fourth-order valence-electron chi connectivity index (χ4n) is 8.13. The van der Waals surface area contributed by atoms with Crippen molar-refractivity contribution in [1.29, 1.82) is 0 Å². The molecule has 0 spiro atoms. The fraction of sp³-hybridized carbons (Fsp3) is 0.944. The molecule has 1 unspecified atom stereocenters. The zero-order valence-corrected chi connectivity index (χ0v) is 41.1. The average Bonchev–Trinajstić information content (AvgIpc) is 3.23. The first-order chi connectivity index (χ1) is 29.3. The minimum Gasteiger partial charge on any atom is -0.462 e. The minimum atomic E-state index is -0.762. The predicted octanol–water partition coefficient (Wildman–Crippen LogP) is 17.3. The molecule has 60 heavy (non-hydrogen) atoms. The van der Waals surface area contributed by atoms with Gasteiger partial charge in [0.2, 0.25) is 0 Å². The maximum absolute atomic E-state index is 12.8. The van der Waals surface area contributed by atoms with Crippen LogP contribution in [0.3, 0.4) is 0 Å². The molecule has 0 N–H and O–H groups in total. The number of esters is 3. The van der Waals surface area contributed by atoms with Crippen molar-refractivity contribution in [2.24, 2.45) is 11.8 Å². The molecule has 0 radical (unpaired) electrons. The minimum absolute atomic E-state index is 0.0640. The topological polar surface area (TPSA) is 78.9 Å². The van der Waals surface area contributed by atoms with Crippen molar-refractivity contribution < 1.29 is 28.6 Å². The molecule has 0 aromatic rings. The maximum Gasteiger partial charge on any atom is 0.306 e. The van der Waals surface area contributed by atoms with Crippen molar-refractivity contribution in [3.63, 3.8) is 0 Å². The van der Waals surface area contributed by atoms with Crippen LogP contribution in [0.5, 0.6) is 0 Å². The molecule has 6 nitrogen and oxygen atoms in total. The molecule has 0 aliphatic carbocycles. The lowest BCUT2D eigenvalue weighted by molar-refractivity contribution is -0.167. The Morgan fingerprint density at radius 3 is 0.950 bits per heavy atom. The molecule has 6 heteroatoms. The van der Waals surface area contributed by atoms with Crippen molar-refractivity contribution in [3.05, 3.63) is 0 Å². The summed E-state index contributed by atoms with van der Waals surface area (Å²) in [6, 6.07) is 0. The first-order valence-electron chi connectivity index (χ1n) is 26.8. The van der Waals surface area contributed by atoms with Gasteiger partial charge in [-0.05, 0) is 31.1 Å². The van der Waals surface area contributed by atoms with Gasteiger partial charge in [-0.1, -0.05) is 259 Å². The van der Waals surface area contributed by atoms with Crippen molar-refractivity contribution >= 4 is 17.9 Å². The lowest BCUT2D eigenvalue weighted by atomic mass is 10.00. The summed E-state index contributed by atoms with van der Waals surface area (Å²) in [6.45, 7) is 11.4. The fourth-order valence-corrected chi connectivity index (χ4v) is 8.13. The Hall–Kier alpha value is -1.59. The normalized spacial score (nSPS) is 12.5. The summed E-state index contributed by atoms with van der Waals surface area (Å²) < 4.78 is 16.8. The molecule has 0 aliphatic heterocycles. The summed E-state index contributed by atoms with van der Waals surface area (Å²) in [7, 11) is 0. The SMILES string of the molecule is CCCCCCCCCCCCCCCC(=O)OC[C@@H](COC(=O)CCCCCCCCC(C)CC)OC(=O)CCCCCCCCCCCCCCCCCCC(C)C. The van der Waals surface area contributed by atoms with Crippen LogP contribution in [0.2, 0.25) is 0 Å². The lowest BCUT2D eigenvalue weighted by Crippen LogP contribution is -2.30. The Bertz CT molecular complexity index is 918. The van der Waals surface area contributed by atoms with E-state index in [1.165, 1.54) is 186 Å². The van der Waals surface area contributed by atoms with Gasteiger partial charge in [0.1, 0.15) is 13.2 Å². The number of carbonyl (C=O) groups excluding carboxylic acids is 3. The van der Waals surface area contributed by atoms with E-state index in [4.69, 9.17) is 14.2 Å². The van der Waals surface area contributed by atoms with Gasteiger partial charge in [-0.25, -0.2) is 0 Å². The monoisotopic (exact) mass is 849 g/mol. The highest BCUT2D eigenvalue weighted by Gasteiger charge is 2.19. The molecule has 0 fully saturated rings. The van der Waals surface area contributed by atoms with E-state index in [0.29, 0.717) is 19.3 Å². The van der Waals surface area contributed by atoms with Crippen LogP contribution < -0.4 is 0 Å². The van der Waals surface area contributed by atoms with E-state index in [1.54, 1.807) is 0 Å². The first kappa shape index (κ1) is 58.4. The summed E-state index contributed by atoms with van der Waals surface area (Å²) in [5.74, 6) is 0.818. The van der Waals surface area contributed by atoms with Crippen molar-refractivity contribution in [1.82, 2.24) is 0 Å². The Balaban J connectivity index is 4.26. The van der Waals surface area contributed by atoms with Gasteiger partial charge in [0.25, 0.3) is 0 Å². The number of unbranched alkanes of at least 4 members (excludes halogenated alkanes) is 32. The second-order valence-electron chi connectivity index (χ2n) is 19.2. The van der Waals surface area contributed by atoms with E-state index in [9.17, 15) is 14.4 Å². The third-order valence-corrected chi connectivity index (χ3v) is 12.6. The second kappa shape index (κ2) is 46.9. The second-order valence-corrected chi connectivity index (χ2v) is 19.2. The molecule has 0 heterocycles. The standard InChI is InChI=1S/C54H104O6/c1-6-8-9-10-11-12-13-18-22-25-28-34-39-44-52(55)58-47-51(48-59-53(56)45-40-35-31-30-33-38-43-50(5)7-2)60-54(57)46-41-36-29-26-23-20-17-15-14-16-19-21-24-27-32-37-42-49(3)4/h49-51H,6-48H2,1-5H3/t50?,51-/m0/s1. The van der Waals surface area contributed by atoms with Crippen molar-refractivity contribution in [3.8, 4) is 0 Å². The van der Waals surface area contributed by atoms with Gasteiger partial charge in [0.15, 0.2) is 6.10 Å². The van der Waals surface area contributed by atoms with E-state index in [1.807, 2.05) is 0 Å². The Labute approximate surface area is 374 Å². The Morgan fingerprint density at radius 2 is 0.633 bits per heavy atom. The van der Waals surface area contributed by atoms with Crippen molar-refractivity contribution in [2.75, 3.05) is 13.2 Å². The van der Waals surface area contributed by atoms with Crippen LogP contribution in [-0.4, -0.2) is 37.2 Å². The third-order valence-electron chi connectivity index (χ3n) is 12.6. The number of hydrogen-bond acceptors (Lipinski definition) is 6. The summed E-state index contributed by atoms with van der Waals surface area (Å²) in [4.78, 5) is 37.9. The summed E-state index contributed by atoms with van der Waals surface area (Å²) in [6.07, 6.45) is 48.1. The van der Waals surface area contributed by atoms with Crippen LogP contribution in [0.4, 0.5) is 0 Å². The molecule has 0 bridgehead atoms.